The van der Waals surface area contributed by atoms with Gasteiger partial charge in [0.2, 0.25) is 11.8 Å². The Labute approximate surface area is 412 Å². The van der Waals surface area contributed by atoms with E-state index in [4.69, 9.17) is 17.2 Å². The lowest BCUT2D eigenvalue weighted by Gasteiger charge is -2.24. The largest absolute Gasteiger partial charge is 0.346 e. The first kappa shape index (κ1) is 64.7. The van der Waals surface area contributed by atoms with Crippen molar-refractivity contribution in [3.8, 4) is 0 Å². The number of carbonyl (C=O) groups is 2. The molecule has 0 saturated heterocycles. The molecule has 2 amide bonds. The molecular weight excluding hydrogens is 817 g/mol. The first-order chi connectivity index (χ1) is 32.5. The molecule has 0 fully saturated rings. The van der Waals surface area contributed by atoms with Gasteiger partial charge in [-0.15, -0.1) is 0 Å². The van der Waals surface area contributed by atoms with Gasteiger partial charge >= 0.3 is 0 Å². The number of hydrogen-bond donors (Lipinski definition) is 5. The van der Waals surface area contributed by atoms with E-state index in [9.17, 15) is 9.59 Å². The molecule has 0 aromatic rings. The maximum atomic E-state index is 13.5. The normalized spacial score (nSPS) is 11.7. The van der Waals surface area contributed by atoms with Gasteiger partial charge in [0.05, 0.1) is 13.1 Å². The summed E-state index contributed by atoms with van der Waals surface area (Å²) in [5, 5.41) is 6.26. The Balaban J connectivity index is 4.53. The zero-order valence-corrected chi connectivity index (χ0v) is 44.7. The summed E-state index contributed by atoms with van der Waals surface area (Å²) >= 11 is 0. The SMILES string of the molecule is CCCCCCCCCCCCCCCCCCN(CCCCCCCCCCCCCCCCCC)C(=O)CNC(=O)CNCCCN(CCCN)CCCCN(CCCN)CCCN. The molecule has 66 heavy (non-hydrogen) atoms. The highest BCUT2D eigenvalue weighted by Crippen LogP contribution is 2.16. The molecule has 0 bridgehead atoms. The Kier molecular flexibility index (Phi) is 53.6. The van der Waals surface area contributed by atoms with Gasteiger partial charge in [0.25, 0.3) is 0 Å². The van der Waals surface area contributed by atoms with Crippen LogP contribution in [0.25, 0.3) is 0 Å². The highest BCUT2D eigenvalue weighted by atomic mass is 16.2. The lowest BCUT2D eigenvalue weighted by molar-refractivity contribution is -0.132. The minimum atomic E-state index is -0.0954. The molecule has 10 heteroatoms. The number of hydrogen-bond acceptors (Lipinski definition) is 8. The third-order valence-corrected chi connectivity index (χ3v) is 13.7. The maximum absolute atomic E-state index is 13.5. The van der Waals surface area contributed by atoms with Crippen LogP contribution in [0, 0.1) is 0 Å². The third-order valence-electron chi connectivity index (χ3n) is 13.7. The minimum Gasteiger partial charge on any atom is -0.346 e. The highest BCUT2D eigenvalue weighted by molar-refractivity contribution is 5.85. The summed E-state index contributed by atoms with van der Waals surface area (Å²) in [4.78, 5) is 33.4. The van der Waals surface area contributed by atoms with Gasteiger partial charge in [-0.2, -0.15) is 0 Å². The van der Waals surface area contributed by atoms with Gasteiger partial charge in [0.1, 0.15) is 0 Å². The van der Waals surface area contributed by atoms with Crippen LogP contribution >= 0.6 is 0 Å². The Morgan fingerprint density at radius 1 is 0.333 bits per heavy atom. The Morgan fingerprint density at radius 3 is 0.924 bits per heavy atom. The lowest BCUT2D eigenvalue weighted by atomic mass is 10.0. The van der Waals surface area contributed by atoms with Crippen molar-refractivity contribution in [2.45, 2.75) is 258 Å². The van der Waals surface area contributed by atoms with E-state index in [1.807, 2.05) is 0 Å². The Bertz CT molecular complexity index is 930. The molecule has 0 aromatic carbocycles. The molecule has 8 N–H and O–H groups in total. The Morgan fingerprint density at radius 2 is 0.606 bits per heavy atom. The molecule has 0 atom stereocenters. The van der Waals surface area contributed by atoms with Crippen LogP contribution < -0.4 is 27.8 Å². The molecule has 394 valence electrons. The molecule has 0 saturated carbocycles. The van der Waals surface area contributed by atoms with Crippen LogP contribution in [0.15, 0.2) is 0 Å². The van der Waals surface area contributed by atoms with E-state index in [2.05, 4.69) is 39.2 Å². The summed E-state index contributed by atoms with van der Waals surface area (Å²) in [5.41, 5.74) is 17.4. The van der Waals surface area contributed by atoms with Crippen molar-refractivity contribution < 1.29 is 9.59 Å². The van der Waals surface area contributed by atoms with E-state index < -0.39 is 0 Å². The van der Waals surface area contributed by atoms with Crippen LogP contribution in [0.3, 0.4) is 0 Å². The first-order valence-corrected chi connectivity index (χ1v) is 29.3. The van der Waals surface area contributed by atoms with Crippen molar-refractivity contribution in [2.24, 2.45) is 17.2 Å². The molecule has 0 unspecified atom stereocenters. The molecular formula is C56H118N8O2. The number of nitrogens with zero attached hydrogens (tertiary/aromatic N) is 3. The summed E-state index contributed by atoms with van der Waals surface area (Å²) in [6.45, 7) is 15.8. The van der Waals surface area contributed by atoms with Gasteiger partial charge in [0.15, 0.2) is 0 Å². The minimum absolute atomic E-state index is 0.0719. The Hall–Kier alpha value is -1.30. The van der Waals surface area contributed by atoms with Crippen molar-refractivity contribution in [1.82, 2.24) is 25.3 Å². The number of unbranched alkanes of at least 4 members (excludes halogenated alkanes) is 31. The van der Waals surface area contributed by atoms with Crippen LogP contribution in [-0.2, 0) is 9.59 Å². The van der Waals surface area contributed by atoms with Crippen LogP contribution in [-0.4, -0.2) is 118 Å². The van der Waals surface area contributed by atoms with Crippen LogP contribution in [0.1, 0.15) is 258 Å². The number of nitrogens with one attached hydrogen (secondary N) is 2. The average Bonchev–Trinajstić information content (AvgIpc) is 3.32. The third kappa shape index (κ3) is 47.8. The van der Waals surface area contributed by atoms with E-state index >= 15 is 0 Å². The predicted octanol–water partition coefficient (Wildman–Crippen LogP) is 11.9. The number of carbonyl (C=O) groups excluding carboxylic acids is 2. The van der Waals surface area contributed by atoms with Crippen molar-refractivity contribution in [1.29, 1.82) is 0 Å². The summed E-state index contributed by atoms with van der Waals surface area (Å²) in [5.74, 6) is -0.0235. The molecule has 0 aliphatic carbocycles. The van der Waals surface area contributed by atoms with Gasteiger partial charge in [-0.1, -0.05) is 206 Å². The highest BCUT2D eigenvalue weighted by Gasteiger charge is 2.15. The van der Waals surface area contributed by atoms with E-state index in [1.54, 1.807) is 0 Å². The maximum Gasteiger partial charge on any atom is 0.241 e. The van der Waals surface area contributed by atoms with Gasteiger partial charge in [0, 0.05) is 13.1 Å². The fraction of sp³-hybridized carbons (Fsp3) is 0.964. The van der Waals surface area contributed by atoms with Crippen molar-refractivity contribution in [2.75, 3.05) is 91.6 Å². The summed E-state index contributed by atoms with van der Waals surface area (Å²) in [6.07, 6.45) is 49.6. The molecule has 0 radical (unpaired) electrons. The monoisotopic (exact) mass is 935 g/mol. The van der Waals surface area contributed by atoms with Gasteiger partial charge in [-0.05, 0) is 117 Å². The van der Waals surface area contributed by atoms with Gasteiger partial charge in [-0.25, -0.2) is 0 Å². The molecule has 0 heterocycles. The smallest absolute Gasteiger partial charge is 0.241 e. The van der Waals surface area contributed by atoms with Crippen LogP contribution in [0.2, 0.25) is 0 Å². The first-order valence-electron chi connectivity index (χ1n) is 29.3. The molecule has 10 nitrogen and oxygen atoms in total. The topological polar surface area (TPSA) is 146 Å². The number of rotatable bonds is 56. The van der Waals surface area contributed by atoms with E-state index in [-0.39, 0.29) is 24.9 Å². The van der Waals surface area contributed by atoms with Crippen molar-refractivity contribution >= 4 is 11.8 Å². The average molecular weight is 936 g/mol. The van der Waals surface area contributed by atoms with Gasteiger partial charge in [-0.3, -0.25) is 9.59 Å². The second kappa shape index (κ2) is 54.6. The summed E-state index contributed by atoms with van der Waals surface area (Å²) in [6, 6.07) is 0. The van der Waals surface area contributed by atoms with Crippen LogP contribution in [0.4, 0.5) is 0 Å². The second-order valence-electron chi connectivity index (χ2n) is 20.1. The molecule has 0 aliphatic rings. The summed E-state index contributed by atoms with van der Waals surface area (Å²) in [7, 11) is 0. The number of nitrogens with two attached hydrogens (primary N) is 3. The fourth-order valence-corrected chi connectivity index (χ4v) is 9.33. The van der Waals surface area contributed by atoms with Crippen molar-refractivity contribution in [3.05, 3.63) is 0 Å². The molecule has 0 aliphatic heterocycles. The quantitative estimate of drug-likeness (QED) is 0.0379. The fourth-order valence-electron chi connectivity index (χ4n) is 9.33. The predicted molar refractivity (Wildman–Crippen MR) is 289 cm³/mol. The van der Waals surface area contributed by atoms with E-state index in [0.717, 1.165) is 117 Å². The van der Waals surface area contributed by atoms with E-state index in [0.29, 0.717) is 6.54 Å². The van der Waals surface area contributed by atoms with E-state index in [1.165, 1.54) is 199 Å². The molecule has 0 rings (SSSR count). The number of amides is 2. The second-order valence-corrected chi connectivity index (χ2v) is 20.1. The zero-order valence-electron chi connectivity index (χ0n) is 44.7. The standard InChI is InChI=1S/C56H118N8O2/c1-3-5-7-9-11-13-15-17-19-21-23-25-27-29-31-33-51-64(52-34-32-30-28-26-24-22-20-18-16-14-12-10-8-6-4-2)56(66)54-61-55(65)53-60-44-40-50-63(49-39-43-59)46-36-35-45-62(47-37-41-57)48-38-42-58/h60H,3-54,57-59H2,1-2H3,(H,61,65). The zero-order chi connectivity index (χ0) is 48.1. The van der Waals surface area contributed by atoms with Crippen molar-refractivity contribution in [3.63, 3.8) is 0 Å². The van der Waals surface area contributed by atoms with Crippen LogP contribution in [0.5, 0.6) is 0 Å². The lowest BCUT2D eigenvalue weighted by Crippen LogP contribution is -2.43. The summed E-state index contributed by atoms with van der Waals surface area (Å²) < 4.78 is 0. The van der Waals surface area contributed by atoms with Gasteiger partial charge < -0.3 is 42.5 Å². The molecule has 0 spiro atoms. The molecule has 0 aromatic heterocycles.